The van der Waals surface area contributed by atoms with Crippen LogP contribution in [0.5, 0.6) is 0 Å². The smallest absolute Gasteiger partial charge is 0.227 e. The first-order chi connectivity index (χ1) is 9.51. The number of carbonyl (C=O) groups is 2. The molecule has 1 saturated heterocycles. The lowest BCUT2D eigenvalue weighted by Gasteiger charge is -2.27. The number of nitrogens with zero attached hydrogens (tertiary/aromatic N) is 1. The second-order valence-corrected chi connectivity index (χ2v) is 5.81. The van der Waals surface area contributed by atoms with Crippen molar-refractivity contribution < 1.29 is 14.3 Å². The Kier molecular flexibility index (Phi) is 3.13. The monoisotopic (exact) mass is 273 g/mol. The maximum absolute atomic E-state index is 12.6. The zero-order chi connectivity index (χ0) is 14.3. The fourth-order valence-corrected chi connectivity index (χ4v) is 3.06. The zero-order valence-corrected chi connectivity index (χ0v) is 11.9. The van der Waals surface area contributed by atoms with Crippen molar-refractivity contribution in [2.24, 2.45) is 0 Å². The highest BCUT2D eigenvalue weighted by molar-refractivity contribution is 6.04. The summed E-state index contributed by atoms with van der Waals surface area (Å²) in [6, 6.07) is 5.61. The van der Waals surface area contributed by atoms with E-state index in [-0.39, 0.29) is 11.7 Å². The van der Waals surface area contributed by atoms with Gasteiger partial charge in [-0.3, -0.25) is 9.59 Å². The van der Waals surface area contributed by atoms with Crippen molar-refractivity contribution in [1.29, 1.82) is 0 Å². The van der Waals surface area contributed by atoms with Crippen molar-refractivity contribution in [1.82, 2.24) is 0 Å². The summed E-state index contributed by atoms with van der Waals surface area (Å²) >= 11 is 0. The summed E-state index contributed by atoms with van der Waals surface area (Å²) in [5.41, 5.74) is 2.00. The number of aryl methyl sites for hydroxylation is 1. The van der Waals surface area contributed by atoms with Crippen LogP contribution in [0.3, 0.4) is 0 Å². The van der Waals surface area contributed by atoms with Gasteiger partial charge < -0.3 is 9.64 Å². The van der Waals surface area contributed by atoms with Gasteiger partial charge in [-0.2, -0.15) is 0 Å². The molecule has 106 valence electrons. The Morgan fingerprint density at radius 2 is 2.15 bits per heavy atom. The Morgan fingerprint density at radius 3 is 2.85 bits per heavy atom. The third kappa shape index (κ3) is 2.04. The van der Waals surface area contributed by atoms with Crippen LogP contribution in [0.15, 0.2) is 18.2 Å². The predicted octanol–water partition coefficient (Wildman–Crippen LogP) is 2.35. The number of anilines is 1. The molecular weight excluding hydrogens is 254 g/mol. The van der Waals surface area contributed by atoms with Gasteiger partial charge in [0.1, 0.15) is 5.60 Å². The second kappa shape index (κ2) is 4.70. The molecule has 4 nitrogen and oxygen atoms in total. The number of fused-ring (bicyclic) bond motifs is 1. The van der Waals surface area contributed by atoms with E-state index in [2.05, 4.69) is 0 Å². The molecule has 1 aromatic rings. The Morgan fingerprint density at radius 1 is 1.35 bits per heavy atom. The minimum absolute atomic E-state index is 0.0531. The SMILES string of the molecule is CN1C(=O)CCc2cc(C(=O)C3(C)CCCO3)ccc21. The molecule has 20 heavy (non-hydrogen) atoms. The molecule has 0 aromatic heterocycles. The number of ketones is 1. The maximum Gasteiger partial charge on any atom is 0.227 e. The summed E-state index contributed by atoms with van der Waals surface area (Å²) in [6.45, 7) is 2.53. The Balaban J connectivity index is 1.93. The van der Waals surface area contributed by atoms with Crippen LogP contribution in [0.2, 0.25) is 0 Å². The van der Waals surface area contributed by atoms with E-state index >= 15 is 0 Å². The molecule has 1 aromatic carbocycles. The number of carbonyl (C=O) groups excluding carboxylic acids is 2. The van der Waals surface area contributed by atoms with Gasteiger partial charge in [0.25, 0.3) is 0 Å². The first kappa shape index (κ1) is 13.3. The first-order valence-electron chi connectivity index (χ1n) is 7.09. The summed E-state index contributed by atoms with van der Waals surface area (Å²) in [5, 5.41) is 0. The van der Waals surface area contributed by atoms with Crippen LogP contribution in [0.1, 0.15) is 42.1 Å². The molecule has 0 N–H and O–H groups in total. The van der Waals surface area contributed by atoms with Gasteiger partial charge in [-0.1, -0.05) is 0 Å². The number of amides is 1. The number of benzene rings is 1. The Bertz CT molecular complexity index is 573. The largest absolute Gasteiger partial charge is 0.367 e. The van der Waals surface area contributed by atoms with E-state index in [1.54, 1.807) is 11.9 Å². The predicted molar refractivity (Wildman–Crippen MR) is 76.1 cm³/mol. The van der Waals surface area contributed by atoms with Crippen molar-refractivity contribution >= 4 is 17.4 Å². The van der Waals surface area contributed by atoms with E-state index in [4.69, 9.17) is 4.74 Å². The summed E-state index contributed by atoms with van der Waals surface area (Å²) in [4.78, 5) is 25.9. The van der Waals surface area contributed by atoms with Crippen LogP contribution in [0.25, 0.3) is 0 Å². The minimum atomic E-state index is -0.676. The molecule has 1 unspecified atom stereocenters. The molecule has 1 fully saturated rings. The summed E-state index contributed by atoms with van der Waals surface area (Å²) < 4.78 is 5.62. The Hall–Kier alpha value is -1.68. The van der Waals surface area contributed by atoms with E-state index in [0.29, 0.717) is 25.0 Å². The third-order valence-electron chi connectivity index (χ3n) is 4.38. The van der Waals surface area contributed by atoms with Crippen LogP contribution < -0.4 is 4.90 Å². The zero-order valence-electron chi connectivity index (χ0n) is 11.9. The minimum Gasteiger partial charge on any atom is -0.367 e. The molecule has 2 heterocycles. The quantitative estimate of drug-likeness (QED) is 0.777. The standard InChI is InChI=1S/C16H19NO3/c1-16(8-3-9-20-16)15(19)12-4-6-13-11(10-12)5-7-14(18)17(13)2/h4,6,10H,3,5,7-9H2,1-2H3. The van der Waals surface area contributed by atoms with Gasteiger partial charge >= 0.3 is 0 Å². The maximum atomic E-state index is 12.6. The van der Waals surface area contributed by atoms with Crippen molar-refractivity contribution in [2.45, 2.75) is 38.2 Å². The van der Waals surface area contributed by atoms with Gasteiger partial charge in [-0.05, 0) is 49.9 Å². The lowest BCUT2D eigenvalue weighted by atomic mass is 9.89. The van der Waals surface area contributed by atoms with Crippen molar-refractivity contribution in [2.75, 3.05) is 18.6 Å². The lowest BCUT2D eigenvalue weighted by molar-refractivity contribution is -0.118. The fraction of sp³-hybridized carbons (Fsp3) is 0.500. The lowest BCUT2D eigenvalue weighted by Crippen LogP contribution is -2.35. The number of Topliss-reactive ketones (excluding diaryl/α,β-unsaturated/α-hetero) is 1. The van der Waals surface area contributed by atoms with Crippen LogP contribution in [0.4, 0.5) is 5.69 Å². The van der Waals surface area contributed by atoms with E-state index in [1.807, 2.05) is 25.1 Å². The van der Waals surface area contributed by atoms with Crippen molar-refractivity contribution in [3.63, 3.8) is 0 Å². The molecule has 0 saturated carbocycles. The highest BCUT2D eigenvalue weighted by atomic mass is 16.5. The number of ether oxygens (including phenoxy) is 1. The molecule has 4 heteroatoms. The number of hydrogen-bond donors (Lipinski definition) is 0. The van der Waals surface area contributed by atoms with E-state index in [9.17, 15) is 9.59 Å². The fourth-order valence-electron chi connectivity index (χ4n) is 3.06. The number of rotatable bonds is 2. The molecular formula is C16H19NO3. The first-order valence-corrected chi connectivity index (χ1v) is 7.09. The van der Waals surface area contributed by atoms with E-state index in [1.165, 1.54) is 0 Å². The molecule has 0 spiro atoms. The molecule has 3 rings (SSSR count). The Labute approximate surface area is 118 Å². The van der Waals surface area contributed by atoms with Crippen LogP contribution in [-0.4, -0.2) is 30.9 Å². The average molecular weight is 273 g/mol. The van der Waals surface area contributed by atoms with Crippen LogP contribution in [-0.2, 0) is 16.0 Å². The molecule has 0 bridgehead atoms. The van der Waals surface area contributed by atoms with E-state index < -0.39 is 5.60 Å². The van der Waals surface area contributed by atoms with Crippen molar-refractivity contribution in [3.05, 3.63) is 29.3 Å². The average Bonchev–Trinajstić information content (AvgIpc) is 2.90. The molecule has 0 radical (unpaired) electrons. The van der Waals surface area contributed by atoms with Gasteiger partial charge in [-0.15, -0.1) is 0 Å². The molecule has 2 aliphatic rings. The van der Waals surface area contributed by atoms with Gasteiger partial charge in [-0.25, -0.2) is 0 Å². The topological polar surface area (TPSA) is 46.6 Å². The molecule has 2 aliphatic heterocycles. The van der Waals surface area contributed by atoms with Crippen LogP contribution in [0, 0.1) is 0 Å². The summed E-state index contributed by atoms with van der Waals surface area (Å²) in [7, 11) is 1.78. The summed E-state index contributed by atoms with van der Waals surface area (Å²) in [5.74, 6) is 0.181. The highest BCUT2D eigenvalue weighted by Crippen LogP contribution is 2.32. The normalized spacial score (nSPS) is 25.7. The van der Waals surface area contributed by atoms with Gasteiger partial charge in [0.2, 0.25) is 5.91 Å². The van der Waals surface area contributed by atoms with Gasteiger partial charge in [0.15, 0.2) is 5.78 Å². The van der Waals surface area contributed by atoms with Gasteiger partial charge in [0, 0.05) is 31.3 Å². The summed E-state index contributed by atoms with van der Waals surface area (Å²) in [6.07, 6.45) is 2.93. The van der Waals surface area contributed by atoms with Crippen LogP contribution >= 0.6 is 0 Å². The van der Waals surface area contributed by atoms with E-state index in [0.717, 1.165) is 24.1 Å². The highest BCUT2D eigenvalue weighted by Gasteiger charge is 2.38. The molecule has 1 amide bonds. The molecule has 0 aliphatic carbocycles. The van der Waals surface area contributed by atoms with Crippen molar-refractivity contribution in [3.8, 4) is 0 Å². The second-order valence-electron chi connectivity index (χ2n) is 5.81. The molecule has 1 atom stereocenters. The number of hydrogen-bond acceptors (Lipinski definition) is 3. The third-order valence-corrected chi connectivity index (χ3v) is 4.38. The van der Waals surface area contributed by atoms with Gasteiger partial charge in [0.05, 0.1) is 0 Å².